The van der Waals surface area contributed by atoms with Gasteiger partial charge in [-0.15, -0.1) is 0 Å². The molecule has 124 valence electrons. The molecule has 3 nitrogen and oxygen atoms in total. The lowest BCUT2D eigenvalue weighted by atomic mass is 10.2. The normalized spacial score (nSPS) is 10.6. The Balaban J connectivity index is 2.04. The minimum Gasteiger partial charge on any atom is -0.493 e. The van der Waals surface area contributed by atoms with Crippen molar-refractivity contribution in [2.45, 2.75) is 32.9 Å². The summed E-state index contributed by atoms with van der Waals surface area (Å²) >= 11 is 6.39. The fourth-order valence-electron chi connectivity index (χ4n) is 2.28. The van der Waals surface area contributed by atoms with Crippen LogP contribution in [0.3, 0.4) is 0 Å². The lowest BCUT2D eigenvalue weighted by molar-refractivity contribution is 0.284. The number of unbranched alkanes of at least 4 members (excludes halogenated alkanes) is 1. The molecule has 0 spiro atoms. The van der Waals surface area contributed by atoms with Crippen LogP contribution in [-0.2, 0) is 13.2 Å². The van der Waals surface area contributed by atoms with Gasteiger partial charge in [0, 0.05) is 6.54 Å². The summed E-state index contributed by atoms with van der Waals surface area (Å²) in [5.74, 6) is 1.26. The van der Waals surface area contributed by atoms with Crippen molar-refractivity contribution in [3.05, 3.63) is 58.6 Å². The van der Waals surface area contributed by atoms with Gasteiger partial charge in [0.2, 0.25) is 0 Å². The molecule has 23 heavy (non-hydrogen) atoms. The van der Waals surface area contributed by atoms with Gasteiger partial charge in [0.1, 0.15) is 6.61 Å². The van der Waals surface area contributed by atoms with Crippen LogP contribution < -0.4 is 14.8 Å². The number of hydrogen-bond acceptors (Lipinski definition) is 3. The number of nitrogens with one attached hydrogen (secondary N) is 1. The molecule has 0 heterocycles. The van der Waals surface area contributed by atoms with Gasteiger partial charge in [0.25, 0.3) is 0 Å². The van der Waals surface area contributed by atoms with E-state index in [0.717, 1.165) is 24.2 Å². The van der Waals surface area contributed by atoms with E-state index >= 15 is 0 Å². The summed E-state index contributed by atoms with van der Waals surface area (Å²) in [6.07, 6.45) is 2.35. The molecule has 0 aromatic heterocycles. The molecule has 0 unspecified atom stereocenters. The quantitative estimate of drug-likeness (QED) is 0.667. The van der Waals surface area contributed by atoms with Crippen LogP contribution in [0.1, 0.15) is 30.9 Å². The topological polar surface area (TPSA) is 30.5 Å². The van der Waals surface area contributed by atoms with Gasteiger partial charge in [-0.25, -0.2) is 0 Å². The molecule has 0 aliphatic heterocycles. The van der Waals surface area contributed by atoms with E-state index in [-0.39, 0.29) is 0 Å². The van der Waals surface area contributed by atoms with E-state index in [0.29, 0.717) is 23.1 Å². The third-order valence-corrected chi connectivity index (χ3v) is 3.83. The minimum absolute atomic E-state index is 0.463. The monoisotopic (exact) mass is 333 g/mol. The summed E-state index contributed by atoms with van der Waals surface area (Å²) in [6.45, 7) is 4.42. The van der Waals surface area contributed by atoms with Crippen LogP contribution in [0.15, 0.2) is 42.5 Å². The summed E-state index contributed by atoms with van der Waals surface area (Å²) in [7, 11) is 1.63. The summed E-state index contributed by atoms with van der Waals surface area (Å²) in [5, 5.41) is 3.98. The van der Waals surface area contributed by atoms with Gasteiger partial charge in [-0.05, 0) is 36.2 Å². The highest BCUT2D eigenvalue weighted by Gasteiger charge is 2.12. The van der Waals surface area contributed by atoms with Crippen LogP contribution in [0.25, 0.3) is 0 Å². The summed E-state index contributed by atoms with van der Waals surface area (Å²) in [4.78, 5) is 0. The number of rotatable bonds is 9. The molecule has 0 fully saturated rings. The highest BCUT2D eigenvalue weighted by molar-refractivity contribution is 6.32. The second-order valence-electron chi connectivity index (χ2n) is 5.41. The molecule has 2 aromatic carbocycles. The lowest BCUT2D eigenvalue weighted by Crippen LogP contribution is -2.14. The zero-order chi connectivity index (χ0) is 16.5. The van der Waals surface area contributed by atoms with Crippen LogP contribution in [0, 0.1) is 0 Å². The zero-order valence-corrected chi connectivity index (χ0v) is 14.5. The van der Waals surface area contributed by atoms with Crippen molar-refractivity contribution in [1.29, 1.82) is 0 Å². The molecule has 0 saturated carbocycles. The number of hydrogen-bond donors (Lipinski definition) is 1. The summed E-state index contributed by atoms with van der Waals surface area (Å²) in [5.41, 5.74) is 2.19. The Kier molecular flexibility index (Phi) is 7.24. The molecule has 4 heteroatoms. The van der Waals surface area contributed by atoms with Crippen molar-refractivity contribution in [3.8, 4) is 11.5 Å². The number of halogens is 1. The van der Waals surface area contributed by atoms with E-state index in [2.05, 4.69) is 12.2 Å². The Morgan fingerprint density at radius 2 is 1.87 bits per heavy atom. The Bertz CT molecular complexity index is 602. The average molecular weight is 334 g/mol. The molecule has 0 saturated heterocycles. The molecule has 2 rings (SSSR count). The zero-order valence-electron chi connectivity index (χ0n) is 13.8. The van der Waals surface area contributed by atoms with Crippen molar-refractivity contribution < 1.29 is 9.47 Å². The number of methoxy groups -OCH3 is 1. The molecular formula is C19H24ClNO2. The standard InChI is InChI=1S/C19H24ClNO2/c1-3-4-10-21-13-16-11-17(20)19(18(12-16)22-2)23-14-15-8-6-5-7-9-15/h5-9,11-12,21H,3-4,10,13-14H2,1-2H3. The van der Waals surface area contributed by atoms with Gasteiger partial charge in [0.15, 0.2) is 11.5 Å². The second kappa shape index (κ2) is 9.43. The van der Waals surface area contributed by atoms with E-state index in [1.165, 1.54) is 12.8 Å². The summed E-state index contributed by atoms with van der Waals surface area (Å²) in [6, 6.07) is 13.9. The van der Waals surface area contributed by atoms with Crippen molar-refractivity contribution in [2.75, 3.05) is 13.7 Å². The highest BCUT2D eigenvalue weighted by atomic mass is 35.5. The van der Waals surface area contributed by atoms with Gasteiger partial charge in [0.05, 0.1) is 12.1 Å². The third kappa shape index (κ3) is 5.45. The first-order chi connectivity index (χ1) is 11.2. The molecule has 0 aliphatic rings. The largest absolute Gasteiger partial charge is 0.493 e. The van der Waals surface area contributed by atoms with E-state index in [1.807, 2.05) is 42.5 Å². The van der Waals surface area contributed by atoms with Crippen LogP contribution in [-0.4, -0.2) is 13.7 Å². The van der Waals surface area contributed by atoms with Gasteiger partial charge in [-0.1, -0.05) is 55.3 Å². The maximum Gasteiger partial charge on any atom is 0.180 e. The van der Waals surface area contributed by atoms with Gasteiger partial charge in [-0.2, -0.15) is 0 Å². The predicted octanol–water partition coefficient (Wildman–Crippen LogP) is 4.82. The van der Waals surface area contributed by atoms with Crippen LogP contribution in [0.2, 0.25) is 5.02 Å². The molecule has 1 N–H and O–H groups in total. The van der Waals surface area contributed by atoms with E-state index in [1.54, 1.807) is 7.11 Å². The average Bonchev–Trinajstić information content (AvgIpc) is 2.58. The van der Waals surface area contributed by atoms with Crippen molar-refractivity contribution in [1.82, 2.24) is 5.32 Å². The third-order valence-electron chi connectivity index (χ3n) is 3.55. The van der Waals surface area contributed by atoms with Crippen molar-refractivity contribution in [3.63, 3.8) is 0 Å². The second-order valence-corrected chi connectivity index (χ2v) is 5.82. The highest BCUT2D eigenvalue weighted by Crippen LogP contribution is 2.37. The van der Waals surface area contributed by atoms with Crippen molar-refractivity contribution >= 4 is 11.6 Å². The first kappa shape index (κ1) is 17.6. The fourth-order valence-corrected chi connectivity index (χ4v) is 2.57. The number of benzene rings is 2. The van der Waals surface area contributed by atoms with Crippen LogP contribution in [0.5, 0.6) is 11.5 Å². The van der Waals surface area contributed by atoms with Gasteiger partial charge >= 0.3 is 0 Å². The minimum atomic E-state index is 0.463. The molecule has 0 bridgehead atoms. The van der Waals surface area contributed by atoms with Gasteiger partial charge < -0.3 is 14.8 Å². The predicted molar refractivity (Wildman–Crippen MR) is 95.4 cm³/mol. The molecule has 0 amide bonds. The Morgan fingerprint density at radius 3 is 2.57 bits per heavy atom. The molecule has 0 atom stereocenters. The van der Waals surface area contributed by atoms with Crippen LogP contribution in [0.4, 0.5) is 0 Å². The van der Waals surface area contributed by atoms with Crippen molar-refractivity contribution in [2.24, 2.45) is 0 Å². The molecular weight excluding hydrogens is 310 g/mol. The molecule has 0 aliphatic carbocycles. The van der Waals surface area contributed by atoms with E-state index in [9.17, 15) is 0 Å². The maximum atomic E-state index is 6.39. The molecule has 0 radical (unpaired) electrons. The first-order valence-electron chi connectivity index (χ1n) is 7.98. The first-order valence-corrected chi connectivity index (χ1v) is 8.36. The number of ether oxygens (including phenoxy) is 2. The SMILES string of the molecule is CCCCNCc1cc(Cl)c(OCc2ccccc2)c(OC)c1. The Hall–Kier alpha value is -1.71. The lowest BCUT2D eigenvalue weighted by Gasteiger charge is -2.14. The smallest absolute Gasteiger partial charge is 0.180 e. The Labute approximate surface area is 143 Å². The van der Waals surface area contributed by atoms with E-state index in [4.69, 9.17) is 21.1 Å². The maximum absolute atomic E-state index is 6.39. The fraction of sp³-hybridized carbons (Fsp3) is 0.368. The van der Waals surface area contributed by atoms with Gasteiger partial charge in [-0.3, -0.25) is 0 Å². The van der Waals surface area contributed by atoms with E-state index < -0.39 is 0 Å². The Morgan fingerprint density at radius 1 is 1.09 bits per heavy atom. The molecule has 2 aromatic rings. The van der Waals surface area contributed by atoms with Crippen LogP contribution >= 0.6 is 11.6 Å². The summed E-state index contributed by atoms with van der Waals surface area (Å²) < 4.78 is 11.3.